The summed E-state index contributed by atoms with van der Waals surface area (Å²) in [6.45, 7) is 4.07. The van der Waals surface area contributed by atoms with Crippen LogP contribution in [0, 0.1) is 24.7 Å². The second-order valence-corrected chi connectivity index (χ2v) is 7.74. The molecule has 4 bridgehead atoms. The maximum Gasteiger partial charge on any atom is 0.145 e. The molecule has 3 nitrogen and oxygen atoms in total. The summed E-state index contributed by atoms with van der Waals surface area (Å²) in [6.07, 6.45) is 8.49. The Morgan fingerprint density at radius 2 is 1.65 bits per heavy atom. The summed E-state index contributed by atoms with van der Waals surface area (Å²) < 4.78 is 0. The van der Waals surface area contributed by atoms with Crippen LogP contribution in [0.2, 0.25) is 0 Å². The summed E-state index contributed by atoms with van der Waals surface area (Å²) in [5.41, 5.74) is 8.75. The van der Waals surface area contributed by atoms with Gasteiger partial charge in [-0.1, -0.05) is 0 Å². The van der Waals surface area contributed by atoms with Crippen molar-refractivity contribution in [1.29, 1.82) is 0 Å². The molecule has 1 aromatic heterocycles. The third kappa shape index (κ3) is 1.90. The highest BCUT2D eigenvalue weighted by Crippen LogP contribution is 2.60. The van der Waals surface area contributed by atoms with Crippen molar-refractivity contribution in [3.05, 3.63) is 23.3 Å². The molecular weight excluding hydrogens is 246 g/mol. The molecule has 5 rings (SSSR count). The van der Waals surface area contributed by atoms with Crippen LogP contribution >= 0.6 is 0 Å². The van der Waals surface area contributed by atoms with Gasteiger partial charge in [-0.2, -0.15) is 0 Å². The normalized spacial score (nSPS) is 40.0. The molecule has 1 aromatic rings. The van der Waals surface area contributed by atoms with Gasteiger partial charge in [0.15, 0.2) is 0 Å². The number of nitrogens with two attached hydrogens (primary N) is 1. The van der Waals surface area contributed by atoms with Crippen molar-refractivity contribution in [2.75, 3.05) is 0 Å². The first-order valence-electron chi connectivity index (χ1n) is 8.16. The van der Waals surface area contributed by atoms with Crippen molar-refractivity contribution in [3.63, 3.8) is 0 Å². The van der Waals surface area contributed by atoms with Gasteiger partial charge < -0.3 is 5.73 Å². The van der Waals surface area contributed by atoms with Gasteiger partial charge in [-0.3, -0.25) is 0 Å². The fourth-order valence-corrected chi connectivity index (χ4v) is 5.49. The quantitative estimate of drug-likeness (QED) is 0.898. The third-order valence-electron chi connectivity index (χ3n) is 5.86. The van der Waals surface area contributed by atoms with Crippen molar-refractivity contribution < 1.29 is 0 Å². The molecule has 1 atom stereocenters. The summed E-state index contributed by atoms with van der Waals surface area (Å²) in [4.78, 5) is 9.41. The molecule has 4 aliphatic rings. The minimum atomic E-state index is -0.0671. The first kappa shape index (κ1) is 12.8. The van der Waals surface area contributed by atoms with Crippen LogP contribution in [-0.4, -0.2) is 9.97 Å². The highest BCUT2D eigenvalue weighted by Gasteiger charge is 2.52. The zero-order valence-electron chi connectivity index (χ0n) is 12.6. The van der Waals surface area contributed by atoms with E-state index in [9.17, 15) is 0 Å². The molecule has 0 aliphatic heterocycles. The minimum Gasteiger partial charge on any atom is -0.322 e. The van der Waals surface area contributed by atoms with Crippen LogP contribution in [0.25, 0.3) is 0 Å². The Kier molecular flexibility index (Phi) is 2.72. The van der Waals surface area contributed by atoms with Crippen molar-refractivity contribution in [2.45, 2.75) is 63.8 Å². The number of hydrogen-bond donors (Lipinski definition) is 1. The second kappa shape index (κ2) is 4.27. The number of aromatic nitrogens is 2. The standard InChI is InChI=1S/C17H25N3/c1-10-3-15(20-16(19-10)11(2)18)17-7-12-4-13(8-17)6-14(5-12)9-17/h3,11-14H,4-9,18H2,1-2H3. The van der Waals surface area contributed by atoms with Crippen molar-refractivity contribution >= 4 is 0 Å². The van der Waals surface area contributed by atoms with E-state index in [4.69, 9.17) is 10.7 Å². The molecule has 0 radical (unpaired) electrons. The van der Waals surface area contributed by atoms with Crippen LogP contribution in [-0.2, 0) is 5.41 Å². The SMILES string of the molecule is Cc1cc(C23CC4CC(CC(C4)C2)C3)nc(C(C)N)n1. The second-order valence-electron chi connectivity index (χ2n) is 7.74. The Labute approximate surface area is 121 Å². The fraction of sp³-hybridized carbons (Fsp3) is 0.765. The molecule has 4 aliphatic carbocycles. The van der Waals surface area contributed by atoms with E-state index in [-0.39, 0.29) is 6.04 Å². The van der Waals surface area contributed by atoms with Gasteiger partial charge in [-0.05, 0) is 76.2 Å². The average molecular weight is 271 g/mol. The highest BCUT2D eigenvalue weighted by molar-refractivity contribution is 5.25. The predicted molar refractivity (Wildman–Crippen MR) is 79.2 cm³/mol. The van der Waals surface area contributed by atoms with Crippen LogP contribution in [0.5, 0.6) is 0 Å². The Bertz CT molecular complexity index is 500. The van der Waals surface area contributed by atoms with Gasteiger partial charge in [0, 0.05) is 11.1 Å². The smallest absolute Gasteiger partial charge is 0.145 e. The molecule has 20 heavy (non-hydrogen) atoms. The van der Waals surface area contributed by atoms with E-state index in [1.165, 1.54) is 44.2 Å². The van der Waals surface area contributed by atoms with Crippen LogP contribution in [0.4, 0.5) is 0 Å². The Morgan fingerprint density at radius 1 is 1.10 bits per heavy atom. The first-order chi connectivity index (χ1) is 9.54. The van der Waals surface area contributed by atoms with Crippen LogP contribution in [0.15, 0.2) is 6.07 Å². The zero-order chi connectivity index (χ0) is 13.9. The highest BCUT2D eigenvalue weighted by atomic mass is 14.9. The van der Waals surface area contributed by atoms with Gasteiger partial charge in [-0.15, -0.1) is 0 Å². The lowest BCUT2D eigenvalue weighted by Gasteiger charge is -2.56. The molecule has 0 amide bonds. The monoisotopic (exact) mass is 271 g/mol. The third-order valence-corrected chi connectivity index (χ3v) is 5.86. The van der Waals surface area contributed by atoms with Crippen molar-refractivity contribution in [1.82, 2.24) is 9.97 Å². The van der Waals surface area contributed by atoms with Crippen LogP contribution in [0.3, 0.4) is 0 Å². The Balaban J connectivity index is 1.77. The topological polar surface area (TPSA) is 51.8 Å². The number of hydrogen-bond acceptors (Lipinski definition) is 3. The molecule has 2 N–H and O–H groups in total. The van der Waals surface area contributed by atoms with E-state index >= 15 is 0 Å². The molecule has 4 fully saturated rings. The molecule has 1 heterocycles. The van der Waals surface area contributed by atoms with Gasteiger partial charge in [0.1, 0.15) is 5.82 Å². The molecule has 4 saturated carbocycles. The Morgan fingerprint density at radius 3 is 2.15 bits per heavy atom. The van der Waals surface area contributed by atoms with Crippen LogP contribution < -0.4 is 5.73 Å². The fourth-order valence-electron chi connectivity index (χ4n) is 5.49. The van der Waals surface area contributed by atoms with E-state index in [1.54, 1.807) is 0 Å². The van der Waals surface area contributed by atoms with Gasteiger partial charge in [-0.25, -0.2) is 9.97 Å². The van der Waals surface area contributed by atoms with Gasteiger partial charge in [0.2, 0.25) is 0 Å². The van der Waals surface area contributed by atoms with E-state index < -0.39 is 0 Å². The number of rotatable bonds is 2. The zero-order valence-corrected chi connectivity index (χ0v) is 12.6. The molecular formula is C17H25N3. The van der Waals surface area contributed by atoms with E-state index in [0.29, 0.717) is 5.41 Å². The molecule has 1 unspecified atom stereocenters. The Hall–Kier alpha value is -0.960. The molecule has 108 valence electrons. The van der Waals surface area contributed by atoms with Gasteiger partial charge >= 0.3 is 0 Å². The predicted octanol–water partition coefficient (Wildman–Crippen LogP) is 3.27. The summed E-state index contributed by atoms with van der Waals surface area (Å²) in [6, 6.07) is 2.17. The van der Waals surface area contributed by atoms with E-state index in [2.05, 4.69) is 18.0 Å². The molecule has 0 saturated heterocycles. The van der Waals surface area contributed by atoms with Crippen molar-refractivity contribution in [3.8, 4) is 0 Å². The first-order valence-corrected chi connectivity index (χ1v) is 8.16. The average Bonchev–Trinajstić information content (AvgIpc) is 2.36. The van der Waals surface area contributed by atoms with Crippen molar-refractivity contribution in [2.24, 2.45) is 23.5 Å². The van der Waals surface area contributed by atoms with Crippen LogP contribution in [0.1, 0.15) is 68.7 Å². The summed E-state index contributed by atoms with van der Waals surface area (Å²) in [5, 5.41) is 0. The maximum atomic E-state index is 6.02. The van der Waals surface area contributed by atoms with Gasteiger partial charge in [0.05, 0.1) is 11.7 Å². The lowest BCUT2D eigenvalue weighted by atomic mass is 9.49. The number of nitrogens with zero attached hydrogens (tertiary/aromatic N) is 2. The number of aryl methyl sites for hydroxylation is 1. The van der Waals surface area contributed by atoms with Gasteiger partial charge in [0.25, 0.3) is 0 Å². The summed E-state index contributed by atoms with van der Waals surface area (Å²) in [7, 11) is 0. The lowest BCUT2D eigenvalue weighted by Crippen LogP contribution is -2.49. The maximum absolute atomic E-state index is 6.02. The minimum absolute atomic E-state index is 0.0671. The van der Waals surface area contributed by atoms with E-state index in [0.717, 1.165) is 29.3 Å². The molecule has 3 heteroatoms. The molecule has 0 spiro atoms. The molecule has 0 aromatic carbocycles. The summed E-state index contributed by atoms with van der Waals surface area (Å²) in [5.74, 6) is 3.69. The largest absolute Gasteiger partial charge is 0.322 e. The summed E-state index contributed by atoms with van der Waals surface area (Å²) >= 11 is 0. The van der Waals surface area contributed by atoms with E-state index in [1.807, 2.05) is 6.92 Å². The lowest BCUT2D eigenvalue weighted by molar-refractivity contribution is -0.00741.